The summed E-state index contributed by atoms with van der Waals surface area (Å²) < 4.78 is 67.3. The van der Waals surface area contributed by atoms with Crippen molar-refractivity contribution in [2.24, 2.45) is 0 Å². The molecule has 7 nitrogen and oxygen atoms in total. The van der Waals surface area contributed by atoms with E-state index in [1.54, 1.807) is 6.92 Å². The van der Waals surface area contributed by atoms with E-state index < -0.39 is 35.0 Å². The summed E-state index contributed by atoms with van der Waals surface area (Å²) in [6.45, 7) is 1.59. The molecular weight excluding hydrogens is 443 g/mol. The predicted molar refractivity (Wildman–Crippen MR) is 94.6 cm³/mol. The van der Waals surface area contributed by atoms with Gasteiger partial charge in [-0.05, 0) is 18.6 Å². The lowest BCUT2D eigenvalue weighted by molar-refractivity contribution is -0.141. The molecule has 3 rings (SSSR count). The minimum absolute atomic E-state index is 0.0799. The molecule has 0 aliphatic heterocycles. The molecule has 2 aromatic heterocycles. The summed E-state index contributed by atoms with van der Waals surface area (Å²) in [6, 6.07) is 0. The van der Waals surface area contributed by atoms with Crippen molar-refractivity contribution in [1.82, 2.24) is 24.7 Å². The van der Waals surface area contributed by atoms with Crippen LogP contribution in [0.25, 0.3) is 0 Å². The van der Waals surface area contributed by atoms with Crippen molar-refractivity contribution in [2.75, 3.05) is 11.2 Å². The molecule has 29 heavy (non-hydrogen) atoms. The van der Waals surface area contributed by atoms with Crippen LogP contribution in [0.15, 0.2) is 5.16 Å². The van der Waals surface area contributed by atoms with Gasteiger partial charge in [0.2, 0.25) is 16.9 Å². The third-order valence-electron chi connectivity index (χ3n) is 4.08. The Morgan fingerprint density at radius 3 is 2.59 bits per heavy atom. The summed E-state index contributed by atoms with van der Waals surface area (Å²) in [5.41, 5.74) is 1.32. The lowest BCUT2D eigenvalue weighted by atomic mass is 10.2. The highest BCUT2D eigenvalue weighted by Gasteiger charge is 2.42. The predicted octanol–water partition coefficient (Wildman–Crippen LogP) is 4.23. The van der Waals surface area contributed by atoms with Gasteiger partial charge in [0.25, 0.3) is 6.43 Å². The van der Waals surface area contributed by atoms with Crippen molar-refractivity contribution in [3.8, 4) is 0 Å². The van der Waals surface area contributed by atoms with Crippen molar-refractivity contribution < 1.29 is 26.7 Å². The average Bonchev–Trinajstić information content (AvgIpc) is 3.29. The SMILES string of the molecule is CCSc1nnc(C(F)F)n1NC(=O)CCn1nc(C(F)(F)F)c(Cl)c1C1CC1. The van der Waals surface area contributed by atoms with Gasteiger partial charge in [0.05, 0.1) is 17.3 Å². The number of hydrogen-bond donors (Lipinski definition) is 1. The van der Waals surface area contributed by atoms with Gasteiger partial charge in [0, 0.05) is 12.3 Å². The average molecular weight is 459 g/mol. The maximum Gasteiger partial charge on any atom is 0.436 e. The molecule has 2 aromatic rings. The maximum atomic E-state index is 13.1. The number of amides is 1. The zero-order chi connectivity index (χ0) is 21.3. The number of aryl methyl sites for hydroxylation is 1. The molecule has 0 bridgehead atoms. The van der Waals surface area contributed by atoms with Gasteiger partial charge in [-0.1, -0.05) is 30.3 Å². The van der Waals surface area contributed by atoms with Crippen LogP contribution < -0.4 is 5.43 Å². The van der Waals surface area contributed by atoms with E-state index in [0.29, 0.717) is 18.6 Å². The first-order chi connectivity index (χ1) is 13.6. The fourth-order valence-electron chi connectivity index (χ4n) is 2.69. The van der Waals surface area contributed by atoms with Gasteiger partial charge in [-0.15, -0.1) is 10.2 Å². The number of rotatable bonds is 8. The second kappa shape index (κ2) is 8.46. The standard InChI is InChI=1S/C15H16ClF5N6OS/c1-2-29-14-23-22-13(12(17)18)27(14)24-8(28)5-6-26-10(7-3-4-7)9(16)11(25-26)15(19,20)21/h7,12H,2-6H2,1H3,(H,24,28). The Balaban J connectivity index is 1.75. The highest BCUT2D eigenvalue weighted by atomic mass is 35.5. The van der Waals surface area contributed by atoms with Crippen molar-refractivity contribution in [3.63, 3.8) is 0 Å². The van der Waals surface area contributed by atoms with Gasteiger partial charge in [-0.2, -0.15) is 18.3 Å². The molecule has 0 unspecified atom stereocenters. The summed E-state index contributed by atoms with van der Waals surface area (Å²) in [4.78, 5) is 12.3. The van der Waals surface area contributed by atoms with Crippen LogP contribution in [-0.4, -0.2) is 36.3 Å². The fourth-order valence-corrected chi connectivity index (χ4v) is 3.71. The first kappa shape index (κ1) is 21.8. The van der Waals surface area contributed by atoms with E-state index in [9.17, 15) is 26.7 Å². The van der Waals surface area contributed by atoms with E-state index in [4.69, 9.17) is 11.6 Å². The van der Waals surface area contributed by atoms with Gasteiger partial charge in [-0.25, -0.2) is 13.5 Å². The van der Waals surface area contributed by atoms with Crippen LogP contribution in [0.4, 0.5) is 22.0 Å². The topological polar surface area (TPSA) is 77.6 Å². The van der Waals surface area contributed by atoms with Gasteiger partial charge in [-0.3, -0.25) is 14.9 Å². The zero-order valence-electron chi connectivity index (χ0n) is 15.0. The Morgan fingerprint density at radius 1 is 1.34 bits per heavy atom. The largest absolute Gasteiger partial charge is 0.436 e. The molecule has 1 aliphatic rings. The molecule has 160 valence electrons. The smallest absolute Gasteiger partial charge is 0.273 e. The Hall–Kier alpha value is -1.89. The summed E-state index contributed by atoms with van der Waals surface area (Å²) >= 11 is 6.98. The molecule has 0 aromatic carbocycles. The molecular formula is C15H16ClF5N6OS. The van der Waals surface area contributed by atoms with Crippen LogP contribution in [0.2, 0.25) is 5.02 Å². The van der Waals surface area contributed by atoms with Gasteiger partial charge < -0.3 is 0 Å². The molecule has 1 saturated carbocycles. The van der Waals surface area contributed by atoms with Crippen molar-refractivity contribution >= 4 is 29.3 Å². The highest BCUT2D eigenvalue weighted by molar-refractivity contribution is 7.99. The minimum Gasteiger partial charge on any atom is -0.273 e. The number of aromatic nitrogens is 5. The second-order valence-corrected chi connectivity index (χ2v) is 7.85. The molecule has 1 aliphatic carbocycles. The van der Waals surface area contributed by atoms with Crippen LogP contribution in [0.1, 0.15) is 55.7 Å². The van der Waals surface area contributed by atoms with Crippen LogP contribution in [0, 0.1) is 0 Å². The molecule has 1 fully saturated rings. The number of halogens is 6. The lowest BCUT2D eigenvalue weighted by Crippen LogP contribution is -2.27. The third-order valence-corrected chi connectivity index (χ3v) is 5.26. The molecule has 0 atom stereocenters. The number of nitrogens with zero attached hydrogens (tertiary/aromatic N) is 5. The number of nitrogens with one attached hydrogen (secondary N) is 1. The molecule has 0 radical (unpaired) electrons. The number of hydrogen-bond acceptors (Lipinski definition) is 5. The number of carbonyl (C=O) groups is 1. The van der Waals surface area contributed by atoms with Crippen LogP contribution in [0.3, 0.4) is 0 Å². The third kappa shape index (κ3) is 4.82. The summed E-state index contributed by atoms with van der Waals surface area (Å²) in [5.74, 6) is -1.06. The van der Waals surface area contributed by atoms with Crippen molar-refractivity contribution in [1.29, 1.82) is 0 Å². The van der Waals surface area contributed by atoms with Gasteiger partial charge in [0.1, 0.15) is 0 Å². The van der Waals surface area contributed by atoms with Crippen LogP contribution >= 0.6 is 23.4 Å². The van der Waals surface area contributed by atoms with E-state index in [1.807, 2.05) is 0 Å². The summed E-state index contributed by atoms with van der Waals surface area (Å²) in [6.07, 6.45) is -6.60. The Labute approximate surface area is 171 Å². The zero-order valence-corrected chi connectivity index (χ0v) is 16.6. The summed E-state index contributed by atoms with van der Waals surface area (Å²) in [7, 11) is 0. The highest BCUT2D eigenvalue weighted by Crippen LogP contribution is 2.46. The van der Waals surface area contributed by atoms with Gasteiger partial charge >= 0.3 is 6.18 Å². The number of thioether (sulfide) groups is 1. The Morgan fingerprint density at radius 2 is 2.03 bits per heavy atom. The van der Waals surface area contributed by atoms with E-state index in [-0.39, 0.29) is 29.7 Å². The van der Waals surface area contributed by atoms with E-state index in [2.05, 4.69) is 20.7 Å². The Bertz CT molecular complexity index is 895. The van der Waals surface area contributed by atoms with Crippen molar-refractivity contribution in [2.45, 2.75) is 56.4 Å². The van der Waals surface area contributed by atoms with Crippen molar-refractivity contribution in [3.05, 3.63) is 22.2 Å². The molecule has 1 N–H and O–H groups in total. The molecule has 0 spiro atoms. The maximum absolute atomic E-state index is 13.1. The minimum atomic E-state index is -4.71. The molecule has 1 amide bonds. The summed E-state index contributed by atoms with van der Waals surface area (Å²) in [5, 5.41) is 10.1. The molecule has 14 heteroatoms. The molecule has 0 saturated heterocycles. The molecule has 2 heterocycles. The Kier molecular flexibility index (Phi) is 6.36. The quantitative estimate of drug-likeness (QED) is 0.473. The van der Waals surface area contributed by atoms with E-state index in [1.165, 1.54) is 0 Å². The fraction of sp³-hybridized carbons (Fsp3) is 0.600. The second-order valence-electron chi connectivity index (χ2n) is 6.24. The van der Waals surface area contributed by atoms with Crippen LogP contribution in [-0.2, 0) is 17.5 Å². The van der Waals surface area contributed by atoms with Gasteiger partial charge in [0.15, 0.2) is 5.69 Å². The van der Waals surface area contributed by atoms with E-state index in [0.717, 1.165) is 21.1 Å². The normalized spacial score (nSPS) is 14.6. The number of carbonyl (C=O) groups excluding carboxylic acids is 1. The first-order valence-corrected chi connectivity index (χ1v) is 9.99. The van der Waals surface area contributed by atoms with E-state index >= 15 is 0 Å². The van der Waals surface area contributed by atoms with Crippen LogP contribution in [0.5, 0.6) is 0 Å². The monoisotopic (exact) mass is 458 g/mol. The first-order valence-electron chi connectivity index (χ1n) is 8.63. The number of alkyl halides is 5. The lowest BCUT2D eigenvalue weighted by Gasteiger charge is -2.11.